The number of halogens is 1. The van der Waals surface area contributed by atoms with E-state index in [1.165, 1.54) is 0 Å². The van der Waals surface area contributed by atoms with Crippen LogP contribution in [0.15, 0.2) is 42.9 Å². The maximum Gasteiger partial charge on any atom is 0.294 e. The van der Waals surface area contributed by atoms with Gasteiger partial charge in [0, 0.05) is 0 Å². The Morgan fingerprint density at radius 3 is 2.55 bits per heavy atom. The lowest BCUT2D eigenvalue weighted by atomic mass is 10.3. The van der Waals surface area contributed by atoms with E-state index in [1.807, 2.05) is 18.2 Å². The van der Waals surface area contributed by atoms with Crippen molar-refractivity contribution in [3.8, 4) is 0 Å². The van der Waals surface area contributed by atoms with Crippen LogP contribution in [0, 0.1) is 0 Å². The normalized spacial score (nSPS) is 8.82. The van der Waals surface area contributed by atoms with Gasteiger partial charge in [-0.25, -0.2) is 5.48 Å². The summed E-state index contributed by atoms with van der Waals surface area (Å²) in [6.45, 7) is 2.92. The number of anilines is 1. The van der Waals surface area contributed by atoms with Gasteiger partial charge < -0.3 is 4.84 Å². The Labute approximate surface area is 64.3 Å². The Morgan fingerprint density at radius 2 is 2.00 bits per heavy atom. The Hall–Kier alpha value is -1.51. The summed E-state index contributed by atoms with van der Waals surface area (Å²) in [6.07, 6.45) is 0. The minimum atomic E-state index is -0.853. The van der Waals surface area contributed by atoms with Crippen molar-refractivity contribution >= 4 is 5.69 Å². The molecule has 0 heterocycles. The molecule has 0 aliphatic rings. The largest absolute Gasteiger partial charge is 0.352 e. The molecule has 1 rings (SSSR count). The van der Waals surface area contributed by atoms with Crippen molar-refractivity contribution in [2.75, 3.05) is 5.48 Å². The van der Waals surface area contributed by atoms with Gasteiger partial charge in [0.25, 0.3) is 6.01 Å². The first-order valence-electron chi connectivity index (χ1n) is 3.11. The number of rotatable bonds is 3. The van der Waals surface area contributed by atoms with Crippen LogP contribution in [0.1, 0.15) is 0 Å². The molecule has 58 valence electrons. The Morgan fingerprint density at radius 1 is 1.36 bits per heavy atom. The highest BCUT2D eigenvalue weighted by Gasteiger charge is 1.89. The predicted molar refractivity (Wildman–Crippen MR) is 41.4 cm³/mol. The van der Waals surface area contributed by atoms with Gasteiger partial charge in [0.05, 0.1) is 5.69 Å². The molecule has 0 amide bonds. The number of para-hydroxylation sites is 1. The van der Waals surface area contributed by atoms with Crippen molar-refractivity contribution in [3.63, 3.8) is 0 Å². The summed E-state index contributed by atoms with van der Waals surface area (Å²) in [5, 5.41) is 0. The molecule has 0 spiro atoms. The summed E-state index contributed by atoms with van der Waals surface area (Å²) in [5.74, 6) is 0. The average Bonchev–Trinajstić information content (AvgIpc) is 2.03. The molecule has 11 heavy (non-hydrogen) atoms. The molecule has 3 heteroatoms. The SMILES string of the molecule is C=C(F)ONc1ccccc1. The van der Waals surface area contributed by atoms with E-state index in [-0.39, 0.29) is 0 Å². The van der Waals surface area contributed by atoms with Crippen molar-refractivity contribution in [3.05, 3.63) is 42.9 Å². The fourth-order valence-electron chi connectivity index (χ4n) is 0.620. The zero-order valence-corrected chi connectivity index (χ0v) is 5.88. The zero-order chi connectivity index (χ0) is 8.10. The second-order valence-corrected chi connectivity index (χ2v) is 1.93. The molecule has 0 fully saturated rings. The highest BCUT2D eigenvalue weighted by atomic mass is 19.1. The van der Waals surface area contributed by atoms with E-state index in [9.17, 15) is 4.39 Å². The second kappa shape index (κ2) is 3.61. The third-order valence-corrected chi connectivity index (χ3v) is 1.05. The third kappa shape index (κ3) is 2.71. The molecule has 0 bridgehead atoms. The van der Waals surface area contributed by atoms with E-state index < -0.39 is 6.01 Å². The lowest BCUT2D eigenvalue weighted by molar-refractivity contribution is 0.201. The smallest absolute Gasteiger partial charge is 0.294 e. The van der Waals surface area contributed by atoms with Crippen LogP contribution < -0.4 is 5.48 Å². The lowest BCUT2D eigenvalue weighted by Crippen LogP contribution is -1.96. The second-order valence-electron chi connectivity index (χ2n) is 1.93. The summed E-state index contributed by atoms with van der Waals surface area (Å²) in [6, 6.07) is 8.13. The van der Waals surface area contributed by atoms with Crippen molar-refractivity contribution < 1.29 is 9.23 Å². The summed E-state index contributed by atoms with van der Waals surface area (Å²) >= 11 is 0. The van der Waals surface area contributed by atoms with Gasteiger partial charge in [0.2, 0.25) is 0 Å². The molecule has 1 aromatic carbocycles. The fourth-order valence-corrected chi connectivity index (χ4v) is 0.620. The van der Waals surface area contributed by atoms with Gasteiger partial charge in [-0.05, 0) is 18.7 Å². The highest BCUT2D eigenvalue weighted by Crippen LogP contribution is 2.06. The molecule has 0 atom stereocenters. The van der Waals surface area contributed by atoms with Crippen molar-refractivity contribution in [1.82, 2.24) is 0 Å². The van der Waals surface area contributed by atoms with E-state index in [1.54, 1.807) is 12.1 Å². The molecule has 0 saturated carbocycles. The lowest BCUT2D eigenvalue weighted by Gasteiger charge is -2.03. The Kier molecular flexibility index (Phi) is 2.49. The molecule has 1 aromatic rings. The topological polar surface area (TPSA) is 21.3 Å². The molecule has 0 aliphatic carbocycles. The Balaban J connectivity index is 2.45. The van der Waals surface area contributed by atoms with Gasteiger partial charge in [0.15, 0.2) is 0 Å². The Bertz CT molecular complexity index is 235. The van der Waals surface area contributed by atoms with E-state index >= 15 is 0 Å². The number of nitrogens with one attached hydrogen (secondary N) is 1. The van der Waals surface area contributed by atoms with Crippen LogP contribution in [0.4, 0.5) is 10.1 Å². The minimum Gasteiger partial charge on any atom is -0.352 e. The van der Waals surface area contributed by atoms with Crippen LogP contribution in [0.2, 0.25) is 0 Å². The summed E-state index contributed by atoms with van der Waals surface area (Å²) in [4.78, 5) is 4.32. The molecule has 2 nitrogen and oxygen atoms in total. The molecule has 0 unspecified atom stereocenters. The van der Waals surface area contributed by atoms with Crippen LogP contribution in [0.25, 0.3) is 0 Å². The first-order valence-corrected chi connectivity index (χ1v) is 3.11. The van der Waals surface area contributed by atoms with Gasteiger partial charge in [-0.15, -0.1) is 0 Å². The minimum absolute atomic E-state index is 0.686. The molecular weight excluding hydrogens is 145 g/mol. The van der Waals surface area contributed by atoms with Crippen molar-refractivity contribution in [1.29, 1.82) is 0 Å². The predicted octanol–water partition coefficient (Wildman–Crippen LogP) is 2.47. The van der Waals surface area contributed by atoms with Gasteiger partial charge >= 0.3 is 0 Å². The van der Waals surface area contributed by atoms with Crippen LogP contribution in [0.5, 0.6) is 0 Å². The van der Waals surface area contributed by atoms with Gasteiger partial charge in [-0.3, -0.25) is 0 Å². The molecule has 1 N–H and O–H groups in total. The van der Waals surface area contributed by atoms with E-state index in [4.69, 9.17) is 0 Å². The van der Waals surface area contributed by atoms with Crippen molar-refractivity contribution in [2.24, 2.45) is 0 Å². The maximum atomic E-state index is 11.9. The fraction of sp³-hybridized carbons (Fsp3) is 0. The third-order valence-electron chi connectivity index (χ3n) is 1.05. The summed E-state index contributed by atoms with van der Waals surface area (Å²) < 4.78 is 11.9. The first-order chi connectivity index (χ1) is 5.29. The molecule has 0 aromatic heterocycles. The van der Waals surface area contributed by atoms with Crippen LogP contribution in [-0.4, -0.2) is 0 Å². The maximum absolute atomic E-state index is 11.9. The van der Waals surface area contributed by atoms with Crippen LogP contribution >= 0.6 is 0 Å². The first kappa shape index (κ1) is 7.60. The van der Waals surface area contributed by atoms with Gasteiger partial charge in [0.1, 0.15) is 0 Å². The molecule has 0 saturated heterocycles. The molecule has 0 radical (unpaired) electrons. The van der Waals surface area contributed by atoms with Gasteiger partial charge in [-0.1, -0.05) is 18.2 Å². The number of hydrogen-bond acceptors (Lipinski definition) is 2. The molecule has 0 aliphatic heterocycles. The van der Waals surface area contributed by atoms with Gasteiger partial charge in [-0.2, -0.15) is 4.39 Å². The number of benzene rings is 1. The van der Waals surface area contributed by atoms with E-state index in [0.29, 0.717) is 5.69 Å². The highest BCUT2D eigenvalue weighted by molar-refractivity contribution is 5.40. The zero-order valence-electron chi connectivity index (χ0n) is 5.88. The monoisotopic (exact) mass is 153 g/mol. The number of hydrogen-bond donors (Lipinski definition) is 1. The average molecular weight is 153 g/mol. The molecular formula is C8H8FNO. The summed E-state index contributed by atoms with van der Waals surface area (Å²) in [7, 11) is 0. The van der Waals surface area contributed by atoms with E-state index in [0.717, 1.165) is 0 Å². The van der Waals surface area contributed by atoms with E-state index in [2.05, 4.69) is 16.9 Å². The van der Waals surface area contributed by atoms with Crippen molar-refractivity contribution in [2.45, 2.75) is 0 Å². The van der Waals surface area contributed by atoms with Crippen LogP contribution in [-0.2, 0) is 4.84 Å². The summed E-state index contributed by atoms with van der Waals surface area (Å²) in [5.41, 5.74) is 3.06. The quantitative estimate of drug-likeness (QED) is 0.532. The standard InChI is InChI=1S/C8H8FNO/c1-7(9)11-10-8-5-3-2-4-6-8/h2-6,10H,1H2. The van der Waals surface area contributed by atoms with Crippen LogP contribution in [0.3, 0.4) is 0 Å².